The average molecular weight is 284 g/mol. The molecule has 5 nitrogen and oxygen atoms in total. The van der Waals surface area contributed by atoms with Gasteiger partial charge in [0.25, 0.3) is 0 Å². The second-order valence-electron chi connectivity index (χ2n) is 6.25. The maximum atomic E-state index is 12.0. The van der Waals surface area contributed by atoms with Crippen LogP contribution in [0.2, 0.25) is 0 Å². The summed E-state index contributed by atoms with van der Waals surface area (Å²) in [5, 5.41) is 15.4. The third-order valence-electron chi connectivity index (χ3n) is 4.98. The minimum atomic E-state index is -0.142. The number of carbonyl (C=O) groups is 1. The molecular formula is C15H28N2O3. The first-order chi connectivity index (χ1) is 9.69. The number of rotatable bonds is 5. The Morgan fingerprint density at radius 1 is 1.25 bits per heavy atom. The molecule has 2 saturated carbocycles. The lowest BCUT2D eigenvalue weighted by Crippen LogP contribution is -2.53. The van der Waals surface area contributed by atoms with Crippen LogP contribution in [0.15, 0.2) is 0 Å². The molecule has 2 rings (SSSR count). The first-order valence-electron chi connectivity index (χ1n) is 7.89. The maximum Gasteiger partial charge on any atom is 0.315 e. The molecule has 0 spiro atoms. The van der Waals surface area contributed by atoms with Gasteiger partial charge in [-0.1, -0.05) is 19.3 Å². The maximum absolute atomic E-state index is 12.0. The Balaban J connectivity index is 1.77. The minimum absolute atomic E-state index is 0.0994. The number of hydrogen-bond acceptors (Lipinski definition) is 3. The van der Waals surface area contributed by atoms with Gasteiger partial charge in [0.15, 0.2) is 0 Å². The zero-order valence-corrected chi connectivity index (χ0v) is 12.5. The average Bonchev–Trinajstić information content (AvgIpc) is 2.63. The number of carbonyl (C=O) groups excluding carboxylic acids is 1. The van der Waals surface area contributed by atoms with Crippen LogP contribution >= 0.6 is 0 Å². The van der Waals surface area contributed by atoms with Gasteiger partial charge < -0.3 is 20.5 Å². The summed E-state index contributed by atoms with van der Waals surface area (Å²) in [4.78, 5) is 12.0. The quantitative estimate of drug-likeness (QED) is 0.674. The van der Waals surface area contributed by atoms with Crippen molar-refractivity contribution in [2.75, 3.05) is 20.3 Å². The summed E-state index contributed by atoms with van der Waals surface area (Å²) in [6.45, 7) is 0.735. The predicted octanol–water partition coefficient (Wildman–Crippen LogP) is 1.80. The Labute approximate surface area is 121 Å². The third-order valence-corrected chi connectivity index (χ3v) is 4.98. The van der Waals surface area contributed by atoms with E-state index in [2.05, 4.69) is 10.6 Å². The van der Waals surface area contributed by atoms with Gasteiger partial charge >= 0.3 is 6.03 Å². The van der Waals surface area contributed by atoms with Crippen molar-refractivity contribution in [1.29, 1.82) is 0 Å². The lowest BCUT2D eigenvalue weighted by molar-refractivity contribution is -0.0674. The number of methoxy groups -OCH3 is 1. The highest BCUT2D eigenvalue weighted by molar-refractivity contribution is 5.74. The normalized spacial score (nSPS) is 29.1. The van der Waals surface area contributed by atoms with E-state index in [9.17, 15) is 9.90 Å². The van der Waals surface area contributed by atoms with E-state index in [0.29, 0.717) is 6.54 Å². The summed E-state index contributed by atoms with van der Waals surface area (Å²) < 4.78 is 5.49. The summed E-state index contributed by atoms with van der Waals surface area (Å²) in [6, 6.07) is -0.0268. The number of aliphatic hydroxyl groups is 1. The monoisotopic (exact) mass is 284 g/mol. The summed E-state index contributed by atoms with van der Waals surface area (Å²) in [5.74, 6) is 0.198. The Hall–Kier alpha value is -0.810. The van der Waals surface area contributed by atoms with Gasteiger partial charge in [-0.15, -0.1) is 0 Å². The number of amides is 2. The minimum Gasteiger partial charge on any atom is -0.396 e. The van der Waals surface area contributed by atoms with Crippen LogP contribution in [0, 0.1) is 5.92 Å². The van der Waals surface area contributed by atoms with Gasteiger partial charge in [-0.2, -0.15) is 0 Å². The van der Waals surface area contributed by atoms with Gasteiger partial charge in [0.2, 0.25) is 0 Å². The largest absolute Gasteiger partial charge is 0.396 e. The molecule has 116 valence electrons. The van der Waals surface area contributed by atoms with Crippen molar-refractivity contribution in [1.82, 2.24) is 10.6 Å². The van der Waals surface area contributed by atoms with Gasteiger partial charge in [0.1, 0.15) is 0 Å². The van der Waals surface area contributed by atoms with E-state index in [1.807, 2.05) is 0 Å². The van der Waals surface area contributed by atoms with Crippen LogP contribution in [0.1, 0.15) is 51.4 Å². The van der Waals surface area contributed by atoms with E-state index < -0.39 is 0 Å². The lowest BCUT2D eigenvalue weighted by atomic mass is 9.80. The van der Waals surface area contributed by atoms with Crippen molar-refractivity contribution in [3.8, 4) is 0 Å². The highest BCUT2D eigenvalue weighted by atomic mass is 16.5. The second kappa shape index (κ2) is 7.27. The van der Waals surface area contributed by atoms with Crippen molar-refractivity contribution in [2.24, 2.45) is 5.92 Å². The van der Waals surface area contributed by atoms with Crippen LogP contribution in [-0.4, -0.2) is 43.0 Å². The first kappa shape index (κ1) is 15.6. The van der Waals surface area contributed by atoms with E-state index in [0.717, 1.165) is 38.5 Å². The van der Waals surface area contributed by atoms with Gasteiger partial charge in [0.05, 0.1) is 5.60 Å². The molecule has 2 aliphatic carbocycles. The van der Waals surface area contributed by atoms with Crippen molar-refractivity contribution in [3.05, 3.63) is 0 Å². The summed E-state index contributed by atoms with van der Waals surface area (Å²) in [7, 11) is 1.71. The molecule has 0 saturated heterocycles. The molecule has 0 bridgehead atoms. The Bertz CT molecular complexity index is 313. The molecule has 0 aromatic heterocycles. The fourth-order valence-electron chi connectivity index (χ4n) is 3.28. The molecule has 0 radical (unpaired) electrons. The van der Waals surface area contributed by atoms with Crippen molar-refractivity contribution in [2.45, 2.75) is 63.0 Å². The van der Waals surface area contributed by atoms with Crippen LogP contribution in [0.3, 0.4) is 0 Å². The zero-order chi connectivity index (χ0) is 14.4. The van der Waals surface area contributed by atoms with Crippen LogP contribution in [0.5, 0.6) is 0 Å². The molecule has 0 heterocycles. The highest BCUT2D eigenvalue weighted by Gasteiger charge is 2.37. The van der Waals surface area contributed by atoms with E-state index in [4.69, 9.17) is 4.74 Å². The molecule has 0 aliphatic heterocycles. The molecule has 0 aromatic carbocycles. The summed E-state index contributed by atoms with van der Waals surface area (Å²) in [5.41, 5.74) is -0.142. The molecule has 5 heteroatoms. The first-order valence-corrected chi connectivity index (χ1v) is 7.89. The number of ether oxygens (including phenoxy) is 1. The van der Waals surface area contributed by atoms with Gasteiger partial charge in [0, 0.05) is 32.2 Å². The Morgan fingerprint density at radius 3 is 2.60 bits per heavy atom. The smallest absolute Gasteiger partial charge is 0.315 e. The molecule has 2 amide bonds. The molecule has 2 aliphatic rings. The third kappa shape index (κ3) is 3.85. The fourth-order valence-corrected chi connectivity index (χ4v) is 3.28. The van der Waals surface area contributed by atoms with Crippen molar-refractivity contribution >= 4 is 6.03 Å². The highest BCUT2D eigenvalue weighted by Crippen LogP contribution is 2.34. The standard InChI is InChI=1S/C15H28N2O3/c1-20-15(8-5-9-15)11-16-14(19)17-13-7-4-2-3-6-12(13)10-18/h12-13,18H,2-11H2,1H3,(H2,16,17,19). The van der Waals surface area contributed by atoms with E-state index >= 15 is 0 Å². The van der Waals surface area contributed by atoms with Gasteiger partial charge in [-0.05, 0) is 32.1 Å². The summed E-state index contributed by atoms with van der Waals surface area (Å²) >= 11 is 0. The van der Waals surface area contributed by atoms with Crippen LogP contribution in [-0.2, 0) is 4.74 Å². The molecule has 2 unspecified atom stereocenters. The van der Waals surface area contributed by atoms with Gasteiger partial charge in [-0.25, -0.2) is 4.79 Å². The number of aliphatic hydroxyl groups excluding tert-OH is 1. The molecule has 0 aromatic rings. The van der Waals surface area contributed by atoms with Gasteiger partial charge in [-0.3, -0.25) is 0 Å². The van der Waals surface area contributed by atoms with Crippen LogP contribution in [0.4, 0.5) is 4.79 Å². The molecular weight excluding hydrogens is 256 g/mol. The Morgan fingerprint density at radius 2 is 2.00 bits per heavy atom. The molecule has 20 heavy (non-hydrogen) atoms. The lowest BCUT2D eigenvalue weighted by Gasteiger charge is -2.40. The predicted molar refractivity (Wildman–Crippen MR) is 77.6 cm³/mol. The fraction of sp³-hybridized carbons (Fsp3) is 0.933. The zero-order valence-electron chi connectivity index (χ0n) is 12.5. The van der Waals surface area contributed by atoms with E-state index in [1.54, 1.807) is 7.11 Å². The van der Waals surface area contributed by atoms with Crippen LogP contribution < -0.4 is 10.6 Å². The molecule has 2 atom stereocenters. The number of nitrogens with one attached hydrogen (secondary N) is 2. The Kier molecular flexibility index (Phi) is 5.66. The molecule has 2 fully saturated rings. The van der Waals surface area contributed by atoms with Crippen LogP contribution in [0.25, 0.3) is 0 Å². The topological polar surface area (TPSA) is 70.6 Å². The van der Waals surface area contributed by atoms with Crippen molar-refractivity contribution in [3.63, 3.8) is 0 Å². The van der Waals surface area contributed by atoms with E-state index in [-0.39, 0.29) is 30.2 Å². The molecule has 3 N–H and O–H groups in total. The number of urea groups is 1. The van der Waals surface area contributed by atoms with E-state index in [1.165, 1.54) is 12.8 Å². The van der Waals surface area contributed by atoms with Crippen molar-refractivity contribution < 1.29 is 14.6 Å². The summed E-state index contributed by atoms with van der Waals surface area (Å²) in [6.07, 6.45) is 8.66. The SMILES string of the molecule is COC1(CNC(=O)NC2CCCCCC2CO)CCC1. The second-order valence-corrected chi connectivity index (χ2v) is 6.25. The number of hydrogen-bond donors (Lipinski definition) is 3.